The molecule has 20 heavy (non-hydrogen) atoms. The summed E-state index contributed by atoms with van der Waals surface area (Å²) in [6.45, 7) is 2.81. The molecule has 1 unspecified atom stereocenters. The van der Waals surface area contributed by atoms with Crippen molar-refractivity contribution in [3.05, 3.63) is 28.2 Å². The maximum absolute atomic E-state index is 12.9. The fourth-order valence-electron chi connectivity index (χ4n) is 2.71. The van der Waals surface area contributed by atoms with Gasteiger partial charge in [0.2, 0.25) is 0 Å². The second-order valence-corrected chi connectivity index (χ2v) is 7.30. The Balaban J connectivity index is 2.07. The zero-order valence-corrected chi connectivity index (χ0v) is 13.9. The number of thioether (sulfide) groups is 1. The summed E-state index contributed by atoms with van der Waals surface area (Å²) >= 11 is 19.2. The van der Waals surface area contributed by atoms with Gasteiger partial charge in [-0.1, -0.05) is 30.1 Å². The lowest BCUT2D eigenvalue weighted by molar-refractivity contribution is -0.120. The molecule has 3 nitrogen and oxygen atoms in total. The highest BCUT2D eigenvalue weighted by Crippen LogP contribution is 2.46. The number of rotatable bonds is 2. The third-order valence-electron chi connectivity index (χ3n) is 3.64. The van der Waals surface area contributed by atoms with E-state index in [-0.39, 0.29) is 5.91 Å². The molecule has 3 rings (SSSR count). The number of nitrogens with zero attached hydrogens (tertiary/aromatic N) is 2. The number of hydrogen-bond donors (Lipinski definition) is 0. The zero-order chi connectivity index (χ0) is 14.5. The fraction of sp³-hybridized carbons (Fsp3) is 0.385. The van der Waals surface area contributed by atoms with Crippen LogP contribution in [0.5, 0.6) is 0 Å². The van der Waals surface area contributed by atoms with Crippen LogP contribution < -0.4 is 4.90 Å². The van der Waals surface area contributed by atoms with E-state index in [0.29, 0.717) is 20.8 Å². The molecule has 0 bridgehead atoms. The Morgan fingerprint density at radius 2 is 2.00 bits per heavy atom. The molecule has 1 atom stereocenters. The first-order chi connectivity index (χ1) is 9.49. The lowest BCUT2D eigenvalue weighted by Gasteiger charge is -2.26. The number of benzene rings is 1. The number of anilines is 1. The average molecular weight is 347 g/mol. The van der Waals surface area contributed by atoms with Crippen molar-refractivity contribution in [3.63, 3.8) is 0 Å². The summed E-state index contributed by atoms with van der Waals surface area (Å²) in [5.41, 5.74) is 0.639. The lowest BCUT2D eigenvalue weighted by Crippen LogP contribution is -2.41. The molecule has 2 heterocycles. The van der Waals surface area contributed by atoms with Crippen LogP contribution in [0, 0.1) is 0 Å². The van der Waals surface area contributed by atoms with E-state index in [4.69, 9.17) is 35.4 Å². The van der Waals surface area contributed by atoms with Crippen LogP contribution >= 0.6 is 47.2 Å². The fourth-order valence-corrected chi connectivity index (χ4v) is 5.09. The highest BCUT2D eigenvalue weighted by Gasteiger charge is 2.57. The molecule has 1 aromatic rings. The van der Waals surface area contributed by atoms with Gasteiger partial charge in [-0.15, -0.1) is 11.8 Å². The van der Waals surface area contributed by atoms with Gasteiger partial charge in [-0.25, -0.2) is 0 Å². The van der Waals surface area contributed by atoms with Gasteiger partial charge >= 0.3 is 0 Å². The van der Waals surface area contributed by atoms with Crippen LogP contribution in [0.1, 0.15) is 13.3 Å². The van der Waals surface area contributed by atoms with E-state index >= 15 is 0 Å². The second-order valence-electron chi connectivity index (χ2n) is 4.69. The first-order valence-electron chi connectivity index (χ1n) is 6.26. The van der Waals surface area contributed by atoms with E-state index in [1.807, 2.05) is 11.8 Å². The van der Waals surface area contributed by atoms with Gasteiger partial charge in [0.15, 0.2) is 9.98 Å². The predicted molar refractivity (Wildman–Crippen MR) is 88.7 cm³/mol. The Labute approximate surface area is 137 Å². The molecular formula is C13H12Cl2N2OS2. The maximum atomic E-state index is 12.9. The van der Waals surface area contributed by atoms with E-state index in [1.165, 1.54) is 0 Å². The number of amides is 1. The van der Waals surface area contributed by atoms with Crippen molar-refractivity contribution in [3.8, 4) is 0 Å². The summed E-state index contributed by atoms with van der Waals surface area (Å²) < 4.78 is 0. The third kappa shape index (κ3) is 1.95. The molecule has 0 N–H and O–H groups in total. The monoisotopic (exact) mass is 346 g/mol. The summed E-state index contributed by atoms with van der Waals surface area (Å²) in [5, 5.41) is 1.53. The normalized spacial score (nSPS) is 25.6. The Morgan fingerprint density at radius 3 is 2.55 bits per heavy atom. The predicted octanol–water partition coefficient (Wildman–Crippen LogP) is 3.78. The van der Waals surface area contributed by atoms with Gasteiger partial charge in [-0.2, -0.15) is 0 Å². The summed E-state index contributed by atoms with van der Waals surface area (Å²) in [5.74, 6) is 0.926. The summed E-state index contributed by atoms with van der Waals surface area (Å²) in [7, 11) is 0. The molecule has 0 aromatic heterocycles. The van der Waals surface area contributed by atoms with Crippen LogP contribution in [0.15, 0.2) is 18.2 Å². The minimum atomic E-state index is -0.550. The van der Waals surface area contributed by atoms with Gasteiger partial charge in [0.05, 0.1) is 5.69 Å². The standard InChI is InChI=1S/C13H12Cl2N2OS2/c1-2-13-11(18)17(12(19)16(13)3-4-20-13)10-6-8(14)5-9(15)7-10/h5-7H,2-4H2,1H3. The van der Waals surface area contributed by atoms with Crippen LogP contribution in [0.25, 0.3) is 0 Å². The van der Waals surface area contributed by atoms with Crippen molar-refractivity contribution in [2.24, 2.45) is 0 Å². The lowest BCUT2D eigenvalue weighted by atomic mass is 10.2. The van der Waals surface area contributed by atoms with Gasteiger partial charge in [0.25, 0.3) is 5.91 Å². The van der Waals surface area contributed by atoms with Crippen molar-refractivity contribution in [2.45, 2.75) is 18.2 Å². The SMILES string of the molecule is CCC12SCCN1C(=S)N(c1cc(Cl)cc(Cl)c1)C2=O. The Bertz CT molecular complexity index is 590. The number of thiocarbonyl (C=S) groups is 1. The van der Waals surface area contributed by atoms with Gasteiger partial charge in [-0.05, 0) is 36.8 Å². The molecule has 7 heteroatoms. The number of fused-ring (bicyclic) bond motifs is 1. The van der Waals surface area contributed by atoms with E-state index in [9.17, 15) is 4.79 Å². The van der Waals surface area contributed by atoms with Crippen LogP contribution in [0.2, 0.25) is 10.0 Å². The molecular weight excluding hydrogens is 335 g/mol. The Hall–Kier alpha value is -0.490. The minimum Gasteiger partial charge on any atom is -0.325 e. The molecule has 2 saturated heterocycles. The minimum absolute atomic E-state index is 0.00540. The van der Waals surface area contributed by atoms with Gasteiger partial charge in [-0.3, -0.25) is 9.69 Å². The molecule has 106 valence electrons. The Morgan fingerprint density at radius 1 is 1.35 bits per heavy atom. The van der Waals surface area contributed by atoms with Crippen LogP contribution in [-0.2, 0) is 4.79 Å². The Kier molecular flexibility index (Phi) is 3.65. The molecule has 1 aromatic carbocycles. The van der Waals surface area contributed by atoms with Crippen molar-refractivity contribution in [2.75, 3.05) is 17.2 Å². The zero-order valence-electron chi connectivity index (χ0n) is 10.7. The largest absolute Gasteiger partial charge is 0.325 e. The van der Waals surface area contributed by atoms with Gasteiger partial charge in [0.1, 0.15) is 0 Å². The van der Waals surface area contributed by atoms with Crippen molar-refractivity contribution < 1.29 is 4.79 Å². The van der Waals surface area contributed by atoms with Crippen molar-refractivity contribution >= 4 is 63.9 Å². The third-order valence-corrected chi connectivity index (χ3v) is 6.02. The maximum Gasteiger partial charge on any atom is 0.269 e. The molecule has 0 spiro atoms. The number of carbonyl (C=O) groups excluding carboxylic acids is 1. The molecule has 2 aliphatic heterocycles. The van der Waals surface area contributed by atoms with E-state index < -0.39 is 4.87 Å². The van der Waals surface area contributed by atoms with E-state index in [0.717, 1.165) is 18.7 Å². The summed E-state index contributed by atoms with van der Waals surface area (Å²) in [4.78, 5) is 15.9. The number of hydrogen-bond acceptors (Lipinski definition) is 3. The van der Waals surface area contributed by atoms with Gasteiger partial charge < -0.3 is 4.90 Å². The highest BCUT2D eigenvalue weighted by atomic mass is 35.5. The number of halogens is 2. The molecule has 0 saturated carbocycles. The first kappa shape index (κ1) is 14.4. The highest BCUT2D eigenvalue weighted by molar-refractivity contribution is 8.01. The average Bonchev–Trinajstić information content (AvgIpc) is 2.89. The first-order valence-corrected chi connectivity index (χ1v) is 8.41. The smallest absolute Gasteiger partial charge is 0.269 e. The quantitative estimate of drug-likeness (QED) is 0.760. The van der Waals surface area contributed by atoms with Crippen molar-refractivity contribution in [1.29, 1.82) is 0 Å². The topological polar surface area (TPSA) is 23.6 Å². The molecule has 2 aliphatic rings. The number of carbonyl (C=O) groups is 1. The molecule has 1 amide bonds. The summed E-state index contributed by atoms with van der Waals surface area (Å²) in [6, 6.07) is 5.07. The van der Waals surface area contributed by atoms with Crippen LogP contribution in [-0.4, -0.2) is 33.1 Å². The van der Waals surface area contributed by atoms with Crippen LogP contribution in [0.4, 0.5) is 5.69 Å². The van der Waals surface area contributed by atoms with E-state index in [1.54, 1.807) is 34.9 Å². The van der Waals surface area contributed by atoms with Crippen LogP contribution in [0.3, 0.4) is 0 Å². The van der Waals surface area contributed by atoms with E-state index in [2.05, 4.69) is 0 Å². The molecule has 2 fully saturated rings. The second kappa shape index (κ2) is 5.05. The molecule has 0 radical (unpaired) electrons. The van der Waals surface area contributed by atoms with Crippen molar-refractivity contribution in [1.82, 2.24) is 4.90 Å². The van der Waals surface area contributed by atoms with Gasteiger partial charge in [0, 0.05) is 22.3 Å². The summed E-state index contributed by atoms with van der Waals surface area (Å²) in [6.07, 6.45) is 0.724. The molecule has 0 aliphatic carbocycles.